The number of aliphatic hydroxyl groups excluding tert-OH is 1. The van der Waals surface area contributed by atoms with Gasteiger partial charge >= 0.3 is 0 Å². The minimum atomic E-state index is -0.110. The second-order valence-electron chi connectivity index (χ2n) is 7.40. The van der Waals surface area contributed by atoms with Crippen LogP contribution in [0, 0.1) is 17.3 Å². The Morgan fingerprint density at radius 2 is 2.25 bits per heavy atom. The lowest BCUT2D eigenvalue weighted by atomic mass is 9.85. The molecular weight excluding hydrogens is 252 g/mol. The lowest BCUT2D eigenvalue weighted by molar-refractivity contribution is 0.0136. The largest absolute Gasteiger partial charge is 0.393 e. The van der Waals surface area contributed by atoms with Crippen LogP contribution in [0.4, 0.5) is 0 Å². The molecule has 0 aromatic carbocycles. The summed E-state index contributed by atoms with van der Waals surface area (Å²) in [5, 5.41) is 13.5. The summed E-state index contributed by atoms with van der Waals surface area (Å²) in [5.74, 6) is 1.09. The molecular formula is C16H32N2O2. The molecule has 4 nitrogen and oxygen atoms in total. The molecule has 2 N–H and O–H groups in total. The highest BCUT2D eigenvalue weighted by molar-refractivity contribution is 4.90. The van der Waals surface area contributed by atoms with Gasteiger partial charge in [-0.25, -0.2) is 0 Å². The maximum absolute atomic E-state index is 9.86. The number of likely N-dealkylation sites (tertiary alicyclic amines) is 1. The lowest BCUT2D eigenvalue weighted by Crippen LogP contribution is -2.50. The SMILES string of the molecule is CC(C)CNCC1(CN2CCC(O)C(C)C2)CCOC1. The van der Waals surface area contributed by atoms with Crippen LogP contribution in [0.1, 0.15) is 33.6 Å². The molecule has 0 radical (unpaired) electrons. The molecule has 2 aliphatic heterocycles. The van der Waals surface area contributed by atoms with Gasteiger partial charge in [0.15, 0.2) is 0 Å². The Bertz CT molecular complexity index is 290. The molecule has 2 rings (SSSR count). The molecule has 0 aliphatic carbocycles. The Labute approximate surface area is 123 Å². The van der Waals surface area contributed by atoms with Crippen molar-refractivity contribution in [3.05, 3.63) is 0 Å². The number of aliphatic hydroxyl groups is 1. The molecule has 2 saturated heterocycles. The van der Waals surface area contributed by atoms with Crippen LogP contribution in [0.3, 0.4) is 0 Å². The highest BCUT2D eigenvalue weighted by Crippen LogP contribution is 2.31. The fourth-order valence-corrected chi connectivity index (χ4v) is 3.43. The second-order valence-corrected chi connectivity index (χ2v) is 7.40. The number of nitrogens with zero attached hydrogens (tertiary/aromatic N) is 1. The standard InChI is InChI=1S/C16H32N2O2/c1-13(2)8-17-10-16(5-7-20-12-16)11-18-6-4-15(19)14(3)9-18/h13-15,17,19H,4-12H2,1-3H3. The van der Waals surface area contributed by atoms with Gasteiger partial charge in [-0.15, -0.1) is 0 Å². The maximum Gasteiger partial charge on any atom is 0.0590 e. The van der Waals surface area contributed by atoms with E-state index in [1.54, 1.807) is 0 Å². The smallest absolute Gasteiger partial charge is 0.0590 e. The first-order valence-electron chi connectivity index (χ1n) is 8.20. The lowest BCUT2D eigenvalue weighted by Gasteiger charge is -2.40. The predicted molar refractivity (Wildman–Crippen MR) is 81.8 cm³/mol. The molecule has 0 bridgehead atoms. The van der Waals surface area contributed by atoms with Crippen LogP contribution in [0.2, 0.25) is 0 Å². The summed E-state index contributed by atoms with van der Waals surface area (Å²) >= 11 is 0. The van der Waals surface area contributed by atoms with E-state index in [0.717, 1.165) is 58.8 Å². The summed E-state index contributed by atoms with van der Waals surface area (Å²) in [5.41, 5.74) is 0.275. The van der Waals surface area contributed by atoms with Crippen molar-refractivity contribution in [3.63, 3.8) is 0 Å². The van der Waals surface area contributed by atoms with E-state index >= 15 is 0 Å². The summed E-state index contributed by atoms with van der Waals surface area (Å²) in [7, 11) is 0. The van der Waals surface area contributed by atoms with Crippen LogP contribution in [0.25, 0.3) is 0 Å². The van der Waals surface area contributed by atoms with E-state index in [0.29, 0.717) is 11.8 Å². The van der Waals surface area contributed by atoms with E-state index in [9.17, 15) is 5.11 Å². The molecule has 3 atom stereocenters. The van der Waals surface area contributed by atoms with Gasteiger partial charge in [0.25, 0.3) is 0 Å². The topological polar surface area (TPSA) is 44.7 Å². The summed E-state index contributed by atoms with van der Waals surface area (Å²) in [6.07, 6.45) is 1.96. The quantitative estimate of drug-likeness (QED) is 0.773. The molecule has 118 valence electrons. The first-order chi connectivity index (χ1) is 9.51. The van der Waals surface area contributed by atoms with Crippen molar-refractivity contribution in [1.29, 1.82) is 0 Å². The molecule has 20 heavy (non-hydrogen) atoms. The van der Waals surface area contributed by atoms with Crippen LogP contribution >= 0.6 is 0 Å². The summed E-state index contributed by atoms with van der Waals surface area (Å²) in [4.78, 5) is 2.53. The summed E-state index contributed by atoms with van der Waals surface area (Å²) < 4.78 is 5.69. The van der Waals surface area contributed by atoms with Gasteiger partial charge in [-0.2, -0.15) is 0 Å². The minimum absolute atomic E-state index is 0.110. The van der Waals surface area contributed by atoms with Crippen molar-refractivity contribution in [2.45, 2.75) is 39.7 Å². The van der Waals surface area contributed by atoms with Crippen LogP contribution in [-0.2, 0) is 4.74 Å². The van der Waals surface area contributed by atoms with Crippen molar-refractivity contribution in [3.8, 4) is 0 Å². The zero-order valence-electron chi connectivity index (χ0n) is 13.4. The molecule has 2 aliphatic rings. The van der Waals surface area contributed by atoms with E-state index in [1.165, 1.54) is 0 Å². The van der Waals surface area contributed by atoms with Gasteiger partial charge in [0.05, 0.1) is 12.7 Å². The third-order valence-electron chi connectivity index (χ3n) is 4.74. The molecule has 4 heteroatoms. The molecule has 0 saturated carbocycles. The van der Waals surface area contributed by atoms with Crippen LogP contribution in [0.15, 0.2) is 0 Å². The van der Waals surface area contributed by atoms with Gasteiger partial charge in [0.2, 0.25) is 0 Å². The van der Waals surface area contributed by atoms with Crippen molar-refractivity contribution < 1.29 is 9.84 Å². The Balaban J connectivity index is 1.85. The molecule has 2 fully saturated rings. The van der Waals surface area contributed by atoms with E-state index < -0.39 is 0 Å². The third kappa shape index (κ3) is 4.42. The van der Waals surface area contributed by atoms with Crippen LogP contribution in [0.5, 0.6) is 0 Å². The number of hydrogen-bond acceptors (Lipinski definition) is 4. The van der Waals surface area contributed by atoms with Crippen molar-refractivity contribution in [2.75, 3.05) is 45.9 Å². The monoisotopic (exact) mass is 284 g/mol. The summed E-state index contributed by atoms with van der Waals surface area (Å²) in [6, 6.07) is 0. The zero-order chi connectivity index (χ0) is 14.6. The van der Waals surface area contributed by atoms with Gasteiger partial charge in [-0.05, 0) is 31.2 Å². The third-order valence-corrected chi connectivity index (χ3v) is 4.74. The van der Waals surface area contributed by atoms with Crippen molar-refractivity contribution in [2.24, 2.45) is 17.3 Å². The fraction of sp³-hybridized carbons (Fsp3) is 1.00. The average Bonchev–Trinajstić information content (AvgIpc) is 2.82. The van der Waals surface area contributed by atoms with E-state index in [4.69, 9.17) is 4.74 Å². The van der Waals surface area contributed by atoms with E-state index in [1.807, 2.05) is 0 Å². The zero-order valence-corrected chi connectivity index (χ0v) is 13.4. The Kier molecular flexibility index (Phi) is 5.84. The molecule has 2 heterocycles. The molecule has 0 aromatic heterocycles. The Morgan fingerprint density at radius 3 is 2.85 bits per heavy atom. The Hall–Kier alpha value is -0.160. The number of ether oxygens (including phenoxy) is 1. The highest BCUT2D eigenvalue weighted by atomic mass is 16.5. The van der Waals surface area contributed by atoms with Gasteiger partial charge in [-0.3, -0.25) is 0 Å². The summed E-state index contributed by atoms with van der Waals surface area (Å²) in [6.45, 7) is 13.7. The Morgan fingerprint density at radius 1 is 1.45 bits per heavy atom. The van der Waals surface area contributed by atoms with Gasteiger partial charge in [0, 0.05) is 38.2 Å². The van der Waals surface area contributed by atoms with E-state index in [2.05, 4.69) is 31.0 Å². The predicted octanol–water partition coefficient (Wildman–Crippen LogP) is 1.34. The van der Waals surface area contributed by atoms with Crippen molar-refractivity contribution >= 4 is 0 Å². The second kappa shape index (κ2) is 7.21. The molecule has 0 amide bonds. The van der Waals surface area contributed by atoms with Gasteiger partial charge in [-0.1, -0.05) is 20.8 Å². The van der Waals surface area contributed by atoms with E-state index in [-0.39, 0.29) is 11.5 Å². The molecule has 0 aromatic rings. The molecule has 3 unspecified atom stereocenters. The highest BCUT2D eigenvalue weighted by Gasteiger charge is 2.38. The van der Waals surface area contributed by atoms with Gasteiger partial charge in [0.1, 0.15) is 0 Å². The van der Waals surface area contributed by atoms with Crippen LogP contribution in [-0.4, -0.2) is 62.0 Å². The number of hydrogen-bond donors (Lipinski definition) is 2. The minimum Gasteiger partial charge on any atom is -0.393 e. The number of nitrogens with one attached hydrogen (secondary N) is 1. The fourth-order valence-electron chi connectivity index (χ4n) is 3.43. The number of rotatable bonds is 6. The van der Waals surface area contributed by atoms with Gasteiger partial charge < -0.3 is 20.1 Å². The van der Waals surface area contributed by atoms with Crippen molar-refractivity contribution in [1.82, 2.24) is 10.2 Å². The molecule has 0 spiro atoms. The van der Waals surface area contributed by atoms with Crippen LogP contribution < -0.4 is 5.32 Å². The maximum atomic E-state index is 9.86. The average molecular weight is 284 g/mol. The first-order valence-corrected chi connectivity index (χ1v) is 8.20. The normalized spacial score (nSPS) is 35.9. The first kappa shape index (κ1) is 16.2. The number of piperidine rings is 1.